The third kappa shape index (κ3) is 3.70. The zero-order valence-corrected chi connectivity index (χ0v) is 16.0. The number of aryl methyl sites for hydroxylation is 1. The second-order valence-corrected chi connectivity index (χ2v) is 7.49. The number of methoxy groups -OCH3 is 2. The summed E-state index contributed by atoms with van der Waals surface area (Å²) in [7, 11) is 3.28. The fourth-order valence-electron chi connectivity index (χ4n) is 4.41. The maximum absolute atomic E-state index is 13.1. The minimum Gasteiger partial charge on any atom is -0.496 e. The molecule has 6 heteroatoms. The molecule has 1 N–H and O–H groups in total. The summed E-state index contributed by atoms with van der Waals surface area (Å²) >= 11 is 0. The smallest absolute Gasteiger partial charge is 0.257 e. The number of benzene rings is 1. The lowest BCUT2D eigenvalue weighted by Crippen LogP contribution is -2.49. The molecule has 142 valence electrons. The van der Waals surface area contributed by atoms with Crippen LogP contribution in [0.15, 0.2) is 18.2 Å². The lowest BCUT2D eigenvalue weighted by molar-refractivity contribution is -0.121. The van der Waals surface area contributed by atoms with Crippen LogP contribution in [0, 0.1) is 18.8 Å². The van der Waals surface area contributed by atoms with E-state index in [1.54, 1.807) is 14.2 Å². The van der Waals surface area contributed by atoms with Gasteiger partial charge in [0.25, 0.3) is 5.91 Å². The van der Waals surface area contributed by atoms with Gasteiger partial charge in [-0.25, -0.2) is 0 Å². The Labute approximate surface area is 154 Å². The van der Waals surface area contributed by atoms with Crippen LogP contribution in [-0.4, -0.2) is 56.2 Å². The summed E-state index contributed by atoms with van der Waals surface area (Å²) < 4.78 is 11.0. The van der Waals surface area contributed by atoms with Gasteiger partial charge < -0.3 is 19.7 Å². The molecule has 1 aromatic carbocycles. The molecule has 0 spiro atoms. The number of ether oxygens (including phenoxy) is 2. The van der Waals surface area contributed by atoms with Crippen molar-refractivity contribution in [3.05, 3.63) is 29.3 Å². The Hall–Kier alpha value is -2.08. The Morgan fingerprint density at radius 2 is 1.85 bits per heavy atom. The van der Waals surface area contributed by atoms with Crippen LogP contribution < -0.4 is 10.1 Å². The highest BCUT2D eigenvalue weighted by Gasteiger charge is 2.44. The fraction of sp³-hybridized carbons (Fsp3) is 0.600. The van der Waals surface area contributed by atoms with E-state index >= 15 is 0 Å². The van der Waals surface area contributed by atoms with Gasteiger partial charge in [0.05, 0.1) is 24.8 Å². The quantitative estimate of drug-likeness (QED) is 0.892. The lowest BCUT2D eigenvalue weighted by atomic mass is 9.77. The van der Waals surface area contributed by atoms with Gasteiger partial charge in [0.2, 0.25) is 5.91 Å². The van der Waals surface area contributed by atoms with Crippen molar-refractivity contribution in [3.8, 4) is 5.75 Å². The molecule has 2 fully saturated rings. The summed E-state index contributed by atoms with van der Waals surface area (Å²) in [6.45, 7) is 4.95. The number of hydrogen-bond acceptors (Lipinski definition) is 4. The molecule has 1 aliphatic carbocycles. The third-order valence-electron chi connectivity index (χ3n) is 5.68. The van der Waals surface area contributed by atoms with Crippen LogP contribution in [0.1, 0.15) is 35.7 Å². The number of nitrogens with zero attached hydrogens (tertiary/aromatic N) is 1. The number of likely N-dealkylation sites (tertiary alicyclic amines) is 1. The van der Waals surface area contributed by atoms with Crippen LogP contribution in [0.25, 0.3) is 0 Å². The molecule has 4 atom stereocenters. The van der Waals surface area contributed by atoms with Crippen molar-refractivity contribution in [2.45, 2.75) is 38.8 Å². The number of fused-ring (bicyclic) bond motifs is 1. The molecular weight excluding hydrogens is 332 g/mol. The Morgan fingerprint density at radius 3 is 2.46 bits per heavy atom. The summed E-state index contributed by atoms with van der Waals surface area (Å²) in [6, 6.07) is 5.70. The van der Waals surface area contributed by atoms with Crippen LogP contribution >= 0.6 is 0 Å². The zero-order chi connectivity index (χ0) is 18.8. The van der Waals surface area contributed by atoms with E-state index in [1.165, 1.54) is 6.92 Å². The third-order valence-corrected chi connectivity index (χ3v) is 5.68. The van der Waals surface area contributed by atoms with E-state index in [0.717, 1.165) is 24.9 Å². The molecule has 1 heterocycles. The molecule has 1 saturated carbocycles. The maximum Gasteiger partial charge on any atom is 0.257 e. The van der Waals surface area contributed by atoms with Gasteiger partial charge in [-0.1, -0.05) is 11.6 Å². The number of amides is 2. The van der Waals surface area contributed by atoms with Crippen LogP contribution in [0.4, 0.5) is 0 Å². The summed E-state index contributed by atoms with van der Waals surface area (Å²) in [5, 5.41) is 3.01. The highest BCUT2D eigenvalue weighted by Crippen LogP contribution is 2.38. The number of nitrogens with one attached hydrogen (secondary N) is 1. The average molecular weight is 360 g/mol. The van der Waals surface area contributed by atoms with Crippen molar-refractivity contribution in [2.75, 3.05) is 27.3 Å². The highest BCUT2D eigenvalue weighted by atomic mass is 16.5. The zero-order valence-electron chi connectivity index (χ0n) is 16.0. The molecule has 3 rings (SSSR count). The molecule has 1 saturated heterocycles. The molecule has 2 aliphatic rings. The summed E-state index contributed by atoms with van der Waals surface area (Å²) in [4.78, 5) is 26.5. The first-order valence-electron chi connectivity index (χ1n) is 9.16. The molecule has 0 bridgehead atoms. The van der Waals surface area contributed by atoms with Crippen LogP contribution in [0.2, 0.25) is 0 Å². The Bertz CT molecular complexity index is 690. The first kappa shape index (κ1) is 18.7. The van der Waals surface area contributed by atoms with E-state index in [1.807, 2.05) is 30.0 Å². The van der Waals surface area contributed by atoms with Crippen molar-refractivity contribution < 1.29 is 19.1 Å². The molecule has 6 nitrogen and oxygen atoms in total. The second kappa shape index (κ2) is 7.66. The number of hydrogen-bond donors (Lipinski definition) is 1. The van der Waals surface area contributed by atoms with Crippen molar-refractivity contribution >= 4 is 11.8 Å². The SMILES string of the molecule is COc1ccc(C)cc1C(=O)N1C[C@H]2C[C@@H](NC(C)=O)[C@H](OC)C[C@H]2C1. The number of carbonyl (C=O) groups is 2. The minimum absolute atomic E-state index is 0.00343. The van der Waals surface area contributed by atoms with E-state index in [2.05, 4.69) is 5.32 Å². The van der Waals surface area contributed by atoms with Gasteiger partial charge in [-0.2, -0.15) is 0 Å². The van der Waals surface area contributed by atoms with Gasteiger partial charge in [-0.3, -0.25) is 9.59 Å². The fourth-order valence-corrected chi connectivity index (χ4v) is 4.41. The number of carbonyl (C=O) groups excluding carboxylic acids is 2. The molecule has 1 aliphatic heterocycles. The van der Waals surface area contributed by atoms with Gasteiger partial charge in [0.15, 0.2) is 0 Å². The van der Waals surface area contributed by atoms with E-state index in [0.29, 0.717) is 29.7 Å². The molecule has 0 unspecified atom stereocenters. The van der Waals surface area contributed by atoms with E-state index in [9.17, 15) is 9.59 Å². The van der Waals surface area contributed by atoms with Gasteiger partial charge >= 0.3 is 0 Å². The van der Waals surface area contributed by atoms with Crippen molar-refractivity contribution in [3.63, 3.8) is 0 Å². The molecule has 2 amide bonds. The number of rotatable bonds is 4. The predicted molar refractivity (Wildman–Crippen MR) is 98.3 cm³/mol. The first-order valence-corrected chi connectivity index (χ1v) is 9.16. The normalized spacial score (nSPS) is 27.8. The topological polar surface area (TPSA) is 67.9 Å². The monoisotopic (exact) mass is 360 g/mol. The predicted octanol–water partition coefficient (Wildman–Crippen LogP) is 2.01. The largest absolute Gasteiger partial charge is 0.496 e. The van der Waals surface area contributed by atoms with Gasteiger partial charge in [0.1, 0.15) is 5.75 Å². The Morgan fingerprint density at radius 1 is 1.15 bits per heavy atom. The molecular formula is C20H28N2O4. The summed E-state index contributed by atoms with van der Waals surface area (Å²) in [5.74, 6) is 1.39. The molecule has 26 heavy (non-hydrogen) atoms. The lowest BCUT2D eigenvalue weighted by Gasteiger charge is -2.37. The summed E-state index contributed by atoms with van der Waals surface area (Å²) in [6.07, 6.45) is 1.71. The van der Waals surface area contributed by atoms with Crippen LogP contribution in [0.3, 0.4) is 0 Å². The first-order chi connectivity index (χ1) is 12.4. The van der Waals surface area contributed by atoms with Crippen molar-refractivity contribution in [1.29, 1.82) is 0 Å². The van der Waals surface area contributed by atoms with Crippen LogP contribution in [0.5, 0.6) is 5.75 Å². The Kier molecular flexibility index (Phi) is 5.51. The van der Waals surface area contributed by atoms with Crippen LogP contribution in [-0.2, 0) is 9.53 Å². The summed E-state index contributed by atoms with van der Waals surface area (Å²) in [5.41, 5.74) is 1.66. The van der Waals surface area contributed by atoms with E-state index < -0.39 is 0 Å². The van der Waals surface area contributed by atoms with Gasteiger partial charge in [-0.05, 0) is 43.7 Å². The molecule has 0 radical (unpaired) electrons. The standard InChI is InChI=1S/C20H28N2O4/c1-12-5-6-18(25-3)16(7-12)20(24)22-10-14-8-17(21-13(2)23)19(26-4)9-15(14)11-22/h5-7,14-15,17,19H,8-11H2,1-4H3,(H,21,23)/t14-,15+,17-,19-/m1/s1. The maximum atomic E-state index is 13.1. The minimum atomic E-state index is -0.0362. The van der Waals surface area contributed by atoms with Gasteiger partial charge in [0, 0.05) is 27.1 Å². The van der Waals surface area contributed by atoms with Crippen molar-refractivity contribution in [2.24, 2.45) is 11.8 Å². The van der Waals surface area contributed by atoms with Gasteiger partial charge in [-0.15, -0.1) is 0 Å². The molecule has 1 aromatic rings. The van der Waals surface area contributed by atoms with E-state index in [4.69, 9.17) is 9.47 Å². The Balaban J connectivity index is 1.75. The van der Waals surface area contributed by atoms with Crippen molar-refractivity contribution in [1.82, 2.24) is 10.2 Å². The average Bonchev–Trinajstić information content (AvgIpc) is 3.02. The molecule has 0 aromatic heterocycles. The highest BCUT2D eigenvalue weighted by molar-refractivity contribution is 5.97. The van der Waals surface area contributed by atoms with E-state index in [-0.39, 0.29) is 24.0 Å². The second-order valence-electron chi connectivity index (χ2n) is 7.49.